The number of carbonyl (C=O) groups is 1. The van der Waals surface area contributed by atoms with Crippen LogP contribution in [0.1, 0.15) is 27.0 Å². The van der Waals surface area contributed by atoms with Gasteiger partial charge in [0.25, 0.3) is 0 Å². The van der Waals surface area contributed by atoms with E-state index in [1.165, 1.54) is 32.3 Å². The van der Waals surface area contributed by atoms with E-state index in [-0.39, 0.29) is 5.97 Å². The molecule has 2 aliphatic heterocycles. The van der Waals surface area contributed by atoms with Crippen LogP contribution in [0, 0.1) is 0 Å². The number of hydrogen-bond donors (Lipinski definition) is 2. The van der Waals surface area contributed by atoms with Crippen molar-refractivity contribution in [2.75, 3.05) is 10.6 Å². The number of rotatable bonds is 4. The topological polar surface area (TPSA) is 59.6 Å². The first kappa shape index (κ1) is 29.6. The second-order valence-electron chi connectivity index (χ2n) is 13.9. The largest absolute Gasteiger partial charge is 0.456 e. The van der Waals surface area contributed by atoms with Crippen LogP contribution in [0.2, 0.25) is 0 Å². The van der Waals surface area contributed by atoms with E-state index in [2.05, 4.69) is 120 Å². The number of hydrogen-bond acceptors (Lipinski definition) is 5. The summed E-state index contributed by atoms with van der Waals surface area (Å²) in [5.74, 6) is 0.887. The molecule has 0 saturated heterocycles. The summed E-state index contributed by atoms with van der Waals surface area (Å²) in [7, 11) is 0. The van der Waals surface area contributed by atoms with Crippen LogP contribution in [0.3, 0.4) is 0 Å². The maximum atomic E-state index is 13.5. The fraction of sp³-hybridized carbons (Fsp3) is 0.0208. The van der Waals surface area contributed by atoms with E-state index in [1.807, 2.05) is 60.7 Å². The standard InChI is InChI=1S/C48H30N2O3/c51-47-41-11-5-6-12-42(41)48(53-47)43-19-17-39(49-37-15-13-33-21-29-7-1-3-9-31(29)23-35(33)25-37)27-45(43)52-46-28-40(18-20-44(46)48)50-38-16-14-34-22-30-8-2-4-10-32(30)24-36(34)26-38/h1-28,49-50H. The van der Waals surface area contributed by atoms with E-state index in [1.54, 1.807) is 0 Å². The van der Waals surface area contributed by atoms with Gasteiger partial charge in [-0.1, -0.05) is 78.9 Å². The zero-order valence-electron chi connectivity index (χ0n) is 28.4. The lowest BCUT2D eigenvalue weighted by Crippen LogP contribution is -2.33. The lowest BCUT2D eigenvalue weighted by molar-refractivity contribution is 0.0224. The summed E-state index contributed by atoms with van der Waals surface area (Å²) in [5, 5.41) is 16.7. The Hall–Kier alpha value is -7.11. The van der Waals surface area contributed by atoms with Crippen molar-refractivity contribution in [3.05, 3.63) is 192 Å². The van der Waals surface area contributed by atoms with Gasteiger partial charge in [-0.2, -0.15) is 0 Å². The SMILES string of the molecule is O=C1OC2(c3ccc(Nc4ccc5cc6ccccc6cc5c4)cc3Oc3cc(Nc4ccc5cc6ccccc6cc5c4)ccc32)c2ccccc21. The number of fused-ring (bicyclic) bond motifs is 10. The molecule has 0 amide bonds. The molecular weight excluding hydrogens is 653 g/mol. The van der Waals surface area contributed by atoms with Crippen molar-refractivity contribution >= 4 is 71.8 Å². The summed E-state index contributed by atoms with van der Waals surface area (Å²) in [6.45, 7) is 0. The normalized spacial score (nSPS) is 13.8. The van der Waals surface area contributed by atoms with Crippen LogP contribution in [0.15, 0.2) is 170 Å². The zero-order chi connectivity index (χ0) is 35.1. The second kappa shape index (κ2) is 11.2. The van der Waals surface area contributed by atoms with Gasteiger partial charge < -0.3 is 20.1 Å². The van der Waals surface area contributed by atoms with Gasteiger partial charge in [0, 0.05) is 51.6 Å². The highest BCUT2D eigenvalue weighted by atomic mass is 16.6. The van der Waals surface area contributed by atoms with Crippen molar-refractivity contribution < 1.29 is 14.3 Å². The molecule has 9 aromatic rings. The lowest BCUT2D eigenvalue weighted by atomic mass is 9.77. The monoisotopic (exact) mass is 682 g/mol. The molecular formula is C48H30N2O3. The highest BCUT2D eigenvalue weighted by molar-refractivity contribution is 6.01. The molecule has 0 fully saturated rings. The molecule has 0 aromatic heterocycles. The minimum absolute atomic E-state index is 0.351. The zero-order valence-corrected chi connectivity index (χ0v) is 28.4. The Balaban J connectivity index is 0.981. The predicted molar refractivity (Wildman–Crippen MR) is 214 cm³/mol. The van der Waals surface area contributed by atoms with Crippen molar-refractivity contribution in [3.8, 4) is 11.5 Å². The van der Waals surface area contributed by atoms with Gasteiger partial charge in [0.15, 0.2) is 5.60 Å². The van der Waals surface area contributed by atoms with Gasteiger partial charge in [-0.15, -0.1) is 0 Å². The quantitative estimate of drug-likeness (QED) is 0.143. The average Bonchev–Trinajstić information content (AvgIpc) is 3.48. The van der Waals surface area contributed by atoms with E-state index < -0.39 is 5.60 Å². The molecule has 9 aromatic carbocycles. The van der Waals surface area contributed by atoms with Gasteiger partial charge >= 0.3 is 5.97 Å². The number of nitrogens with one attached hydrogen (secondary N) is 2. The summed E-state index contributed by atoms with van der Waals surface area (Å²) in [6.07, 6.45) is 0. The minimum Gasteiger partial charge on any atom is -0.456 e. The first-order chi connectivity index (χ1) is 26.1. The smallest absolute Gasteiger partial charge is 0.340 e. The van der Waals surface area contributed by atoms with Crippen molar-refractivity contribution in [2.45, 2.75) is 5.60 Å². The van der Waals surface area contributed by atoms with Crippen molar-refractivity contribution in [3.63, 3.8) is 0 Å². The summed E-state index contributed by atoms with van der Waals surface area (Å²) < 4.78 is 13.2. The van der Waals surface area contributed by atoms with E-state index in [0.717, 1.165) is 50.2 Å². The van der Waals surface area contributed by atoms with Gasteiger partial charge in [0.05, 0.1) is 5.56 Å². The summed E-state index contributed by atoms with van der Waals surface area (Å²) >= 11 is 0. The minimum atomic E-state index is -1.15. The molecule has 0 unspecified atom stereocenters. The fourth-order valence-electron chi connectivity index (χ4n) is 8.20. The highest BCUT2D eigenvalue weighted by Gasteiger charge is 2.53. The third-order valence-electron chi connectivity index (χ3n) is 10.7. The van der Waals surface area contributed by atoms with Gasteiger partial charge in [-0.3, -0.25) is 0 Å². The molecule has 1 spiro atoms. The summed E-state index contributed by atoms with van der Waals surface area (Å²) in [4.78, 5) is 13.5. The molecule has 11 rings (SSSR count). The average molecular weight is 683 g/mol. The van der Waals surface area contributed by atoms with Crippen LogP contribution < -0.4 is 15.4 Å². The van der Waals surface area contributed by atoms with Crippen molar-refractivity contribution in [1.29, 1.82) is 0 Å². The van der Waals surface area contributed by atoms with Crippen LogP contribution in [0.4, 0.5) is 22.7 Å². The number of benzene rings is 9. The molecule has 0 atom stereocenters. The lowest BCUT2D eigenvalue weighted by Gasteiger charge is -2.37. The fourth-order valence-corrected chi connectivity index (χ4v) is 8.20. The predicted octanol–water partition coefficient (Wildman–Crippen LogP) is 12.4. The van der Waals surface area contributed by atoms with E-state index in [0.29, 0.717) is 17.1 Å². The number of carbonyl (C=O) groups excluding carboxylic acids is 1. The third-order valence-corrected chi connectivity index (χ3v) is 10.7. The molecule has 0 aliphatic carbocycles. The highest BCUT2D eigenvalue weighted by Crippen LogP contribution is 2.57. The Kier molecular flexibility index (Phi) is 6.25. The van der Waals surface area contributed by atoms with E-state index >= 15 is 0 Å². The second-order valence-corrected chi connectivity index (χ2v) is 13.9. The number of ether oxygens (including phenoxy) is 2. The van der Waals surface area contributed by atoms with E-state index in [4.69, 9.17) is 9.47 Å². The number of esters is 1. The number of anilines is 4. The molecule has 2 heterocycles. The third kappa shape index (κ3) is 4.68. The first-order valence-corrected chi connectivity index (χ1v) is 17.8. The molecule has 250 valence electrons. The molecule has 2 aliphatic rings. The molecule has 2 N–H and O–H groups in total. The van der Waals surface area contributed by atoms with Crippen LogP contribution in [-0.2, 0) is 10.3 Å². The van der Waals surface area contributed by atoms with Gasteiger partial charge in [0.2, 0.25) is 0 Å². The van der Waals surface area contributed by atoms with Gasteiger partial charge in [-0.25, -0.2) is 4.79 Å². The molecule has 5 nitrogen and oxygen atoms in total. The van der Waals surface area contributed by atoms with Gasteiger partial charge in [-0.05, 0) is 122 Å². The van der Waals surface area contributed by atoms with E-state index in [9.17, 15) is 4.79 Å². The van der Waals surface area contributed by atoms with Crippen molar-refractivity contribution in [1.82, 2.24) is 0 Å². The maximum absolute atomic E-state index is 13.5. The summed E-state index contributed by atoms with van der Waals surface area (Å²) in [5.41, 5.74) is 5.42. The Morgan fingerprint density at radius 1 is 0.377 bits per heavy atom. The summed E-state index contributed by atoms with van der Waals surface area (Å²) in [6, 6.07) is 58.2. The van der Waals surface area contributed by atoms with Crippen LogP contribution in [-0.4, -0.2) is 5.97 Å². The molecule has 5 heteroatoms. The Labute approximate surface area is 305 Å². The Bertz CT molecular complexity index is 2830. The molecule has 0 radical (unpaired) electrons. The van der Waals surface area contributed by atoms with Crippen molar-refractivity contribution in [2.24, 2.45) is 0 Å². The molecule has 0 bridgehead atoms. The van der Waals surface area contributed by atoms with Crippen LogP contribution in [0.25, 0.3) is 43.1 Å². The van der Waals surface area contributed by atoms with Crippen LogP contribution in [0.5, 0.6) is 11.5 Å². The maximum Gasteiger partial charge on any atom is 0.340 e. The van der Waals surface area contributed by atoms with Gasteiger partial charge in [0.1, 0.15) is 11.5 Å². The first-order valence-electron chi connectivity index (χ1n) is 17.8. The molecule has 53 heavy (non-hydrogen) atoms. The Morgan fingerprint density at radius 3 is 1.32 bits per heavy atom. The Morgan fingerprint density at radius 2 is 0.792 bits per heavy atom. The molecule has 0 saturated carbocycles. The van der Waals surface area contributed by atoms with Crippen LogP contribution >= 0.6 is 0 Å².